The Balaban J connectivity index is 4.12. The van der Waals surface area contributed by atoms with E-state index in [-0.39, 0.29) is 12.4 Å². The molecule has 7 heteroatoms. The molecule has 138 valence electrons. The fourth-order valence-electron chi connectivity index (χ4n) is 1.81. The van der Waals surface area contributed by atoms with Gasteiger partial charge in [0.15, 0.2) is 5.96 Å². The zero-order chi connectivity index (χ0) is 17.9. The second-order valence-corrected chi connectivity index (χ2v) is 9.41. The summed E-state index contributed by atoms with van der Waals surface area (Å²) < 4.78 is 27.3. The molecule has 0 spiro atoms. The van der Waals surface area contributed by atoms with Crippen molar-refractivity contribution in [2.24, 2.45) is 10.4 Å². The van der Waals surface area contributed by atoms with E-state index in [0.29, 0.717) is 24.6 Å². The van der Waals surface area contributed by atoms with Crippen LogP contribution in [-0.2, 0) is 14.6 Å². The number of guanidine groups is 1. The Kier molecular flexibility index (Phi) is 10.5. The molecule has 0 bridgehead atoms. The smallest absolute Gasteiger partial charge is 0.191 e. The summed E-state index contributed by atoms with van der Waals surface area (Å²) in [7, 11) is -2.96. The lowest BCUT2D eigenvalue weighted by Gasteiger charge is -2.23. The summed E-state index contributed by atoms with van der Waals surface area (Å²) in [6.07, 6.45) is 3.44. The highest BCUT2D eigenvalue weighted by Gasteiger charge is 2.13. The van der Waals surface area contributed by atoms with Gasteiger partial charge < -0.3 is 15.4 Å². The van der Waals surface area contributed by atoms with Gasteiger partial charge in [-0.2, -0.15) is 0 Å². The molecule has 0 rings (SSSR count). The summed E-state index contributed by atoms with van der Waals surface area (Å²) in [6.45, 7) is 12.9. The summed E-state index contributed by atoms with van der Waals surface area (Å²) >= 11 is 0. The number of sulfone groups is 1. The van der Waals surface area contributed by atoms with Crippen LogP contribution in [0.1, 0.15) is 47.5 Å². The Bertz CT molecular complexity index is 442. The van der Waals surface area contributed by atoms with E-state index < -0.39 is 9.84 Å². The Morgan fingerprint density at radius 3 is 2.43 bits per heavy atom. The quantitative estimate of drug-likeness (QED) is 0.357. The molecule has 0 heterocycles. The molecule has 0 amide bonds. The molecule has 0 radical (unpaired) electrons. The minimum absolute atomic E-state index is 0.0544. The Morgan fingerprint density at radius 2 is 1.91 bits per heavy atom. The van der Waals surface area contributed by atoms with Gasteiger partial charge in [0.25, 0.3) is 0 Å². The maximum atomic E-state index is 11.0. The summed E-state index contributed by atoms with van der Waals surface area (Å²) in [5.41, 5.74) is 0.332. The first-order valence-electron chi connectivity index (χ1n) is 8.34. The van der Waals surface area contributed by atoms with Crippen molar-refractivity contribution in [3.05, 3.63) is 0 Å². The lowest BCUT2D eigenvalue weighted by Crippen LogP contribution is -2.42. The fraction of sp³-hybridized carbons (Fsp3) is 0.938. The van der Waals surface area contributed by atoms with Gasteiger partial charge in [0.2, 0.25) is 0 Å². The van der Waals surface area contributed by atoms with Crippen molar-refractivity contribution in [1.82, 2.24) is 10.6 Å². The zero-order valence-electron chi connectivity index (χ0n) is 15.6. The standard InChI is InChI=1S/C16H35N3O3S/c1-7-17-15(19-14(2)8-9-16(3,4)5)18-10-11-22-12-13-23(6,20)21/h14H,7-13H2,1-6H3,(H2,17,18,19). The van der Waals surface area contributed by atoms with Gasteiger partial charge >= 0.3 is 0 Å². The van der Waals surface area contributed by atoms with Gasteiger partial charge in [-0.05, 0) is 32.1 Å². The average molecular weight is 350 g/mol. The average Bonchev–Trinajstić information content (AvgIpc) is 2.38. The van der Waals surface area contributed by atoms with Gasteiger partial charge in [-0.3, -0.25) is 4.99 Å². The molecule has 0 aliphatic heterocycles. The molecular weight excluding hydrogens is 314 g/mol. The summed E-state index contributed by atoms with van der Waals surface area (Å²) in [4.78, 5) is 4.45. The molecule has 0 aromatic carbocycles. The van der Waals surface area contributed by atoms with Crippen molar-refractivity contribution < 1.29 is 13.2 Å². The van der Waals surface area contributed by atoms with Crippen molar-refractivity contribution in [3.63, 3.8) is 0 Å². The molecule has 0 saturated carbocycles. The number of hydrogen-bond donors (Lipinski definition) is 2. The van der Waals surface area contributed by atoms with Crippen molar-refractivity contribution in [3.8, 4) is 0 Å². The SMILES string of the molecule is CCNC(=NCCOCCS(C)(=O)=O)NC(C)CCC(C)(C)C. The topological polar surface area (TPSA) is 79.8 Å². The second kappa shape index (κ2) is 10.9. The Morgan fingerprint density at radius 1 is 1.26 bits per heavy atom. The second-order valence-electron chi connectivity index (χ2n) is 7.15. The van der Waals surface area contributed by atoms with Crippen LogP contribution in [-0.4, -0.2) is 58.7 Å². The molecule has 0 fully saturated rings. The third-order valence-corrected chi connectivity index (χ3v) is 4.07. The van der Waals surface area contributed by atoms with Crippen LogP contribution in [0.4, 0.5) is 0 Å². The lowest BCUT2D eigenvalue weighted by molar-refractivity contribution is 0.157. The summed E-state index contributed by atoms with van der Waals surface area (Å²) in [5, 5.41) is 6.61. The third-order valence-electron chi connectivity index (χ3n) is 3.16. The molecule has 1 atom stereocenters. The summed E-state index contributed by atoms with van der Waals surface area (Å²) in [6, 6.07) is 0.346. The van der Waals surface area contributed by atoms with Crippen molar-refractivity contribution in [1.29, 1.82) is 0 Å². The minimum Gasteiger partial charge on any atom is -0.378 e. The predicted octanol–water partition coefficient (Wildman–Crippen LogP) is 1.82. The molecule has 23 heavy (non-hydrogen) atoms. The van der Waals surface area contributed by atoms with E-state index in [0.717, 1.165) is 25.3 Å². The van der Waals surface area contributed by atoms with E-state index in [1.54, 1.807) is 0 Å². The number of hydrogen-bond acceptors (Lipinski definition) is 4. The lowest BCUT2D eigenvalue weighted by atomic mass is 9.89. The van der Waals surface area contributed by atoms with Crippen LogP contribution < -0.4 is 10.6 Å². The minimum atomic E-state index is -2.96. The van der Waals surface area contributed by atoms with Crippen molar-refractivity contribution in [2.75, 3.05) is 38.3 Å². The van der Waals surface area contributed by atoms with Crippen LogP contribution in [0.5, 0.6) is 0 Å². The molecule has 6 nitrogen and oxygen atoms in total. The third kappa shape index (κ3) is 15.8. The number of ether oxygens (including phenoxy) is 1. The van der Waals surface area contributed by atoms with Crippen LogP contribution in [0.15, 0.2) is 4.99 Å². The molecule has 1 unspecified atom stereocenters. The van der Waals surface area contributed by atoms with E-state index >= 15 is 0 Å². The normalized spacial score (nSPS) is 14.6. The maximum absolute atomic E-state index is 11.0. The van der Waals surface area contributed by atoms with E-state index in [2.05, 4.69) is 43.3 Å². The van der Waals surface area contributed by atoms with Gasteiger partial charge in [-0.25, -0.2) is 8.42 Å². The first-order valence-corrected chi connectivity index (χ1v) is 10.4. The molecule has 2 N–H and O–H groups in total. The van der Waals surface area contributed by atoms with E-state index in [9.17, 15) is 8.42 Å². The van der Waals surface area contributed by atoms with Crippen LogP contribution in [0.25, 0.3) is 0 Å². The largest absolute Gasteiger partial charge is 0.378 e. The molecular formula is C16H35N3O3S. The monoisotopic (exact) mass is 349 g/mol. The van der Waals surface area contributed by atoms with Crippen molar-refractivity contribution in [2.45, 2.75) is 53.5 Å². The molecule has 0 aliphatic carbocycles. The fourth-order valence-corrected chi connectivity index (χ4v) is 2.23. The first kappa shape index (κ1) is 22.2. The number of nitrogens with one attached hydrogen (secondary N) is 2. The van der Waals surface area contributed by atoms with Crippen LogP contribution in [0, 0.1) is 5.41 Å². The maximum Gasteiger partial charge on any atom is 0.191 e. The molecule has 0 aliphatic rings. The van der Waals surface area contributed by atoms with E-state index in [1.165, 1.54) is 6.26 Å². The van der Waals surface area contributed by atoms with Gasteiger partial charge in [0.05, 0.1) is 25.5 Å². The highest BCUT2D eigenvalue weighted by Crippen LogP contribution is 2.21. The highest BCUT2D eigenvalue weighted by molar-refractivity contribution is 7.90. The van der Waals surface area contributed by atoms with Gasteiger partial charge in [-0.15, -0.1) is 0 Å². The van der Waals surface area contributed by atoms with Gasteiger partial charge in [-0.1, -0.05) is 20.8 Å². The highest BCUT2D eigenvalue weighted by atomic mass is 32.2. The Labute approximate surface area is 142 Å². The van der Waals surface area contributed by atoms with Crippen LogP contribution in [0.2, 0.25) is 0 Å². The van der Waals surface area contributed by atoms with Gasteiger partial charge in [0.1, 0.15) is 9.84 Å². The Hall–Kier alpha value is -0.820. The first-order chi connectivity index (χ1) is 10.5. The van der Waals surface area contributed by atoms with E-state index in [1.807, 2.05) is 6.92 Å². The predicted molar refractivity (Wildman–Crippen MR) is 97.8 cm³/mol. The van der Waals surface area contributed by atoms with Crippen LogP contribution in [0.3, 0.4) is 0 Å². The van der Waals surface area contributed by atoms with E-state index in [4.69, 9.17) is 4.74 Å². The number of nitrogens with zero attached hydrogens (tertiary/aromatic N) is 1. The van der Waals surface area contributed by atoms with Crippen molar-refractivity contribution >= 4 is 15.8 Å². The molecule has 0 aromatic heterocycles. The molecule has 0 aromatic rings. The summed E-state index contributed by atoms with van der Waals surface area (Å²) in [5.74, 6) is 0.833. The zero-order valence-corrected chi connectivity index (χ0v) is 16.4. The van der Waals surface area contributed by atoms with Gasteiger partial charge in [0, 0.05) is 18.8 Å². The molecule has 0 saturated heterocycles. The number of aliphatic imine (C=N–C) groups is 1. The van der Waals surface area contributed by atoms with Crippen LogP contribution >= 0.6 is 0 Å². The number of rotatable bonds is 10.